The summed E-state index contributed by atoms with van der Waals surface area (Å²) < 4.78 is 4.12. The molecule has 0 aliphatic heterocycles. The molecule has 9 heteroatoms. The molecule has 2 heterocycles. The van der Waals surface area contributed by atoms with Crippen molar-refractivity contribution < 1.29 is 14.7 Å². The van der Waals surface area contributed by atoms with Crippen LogP contribution < -0.4 is 5.32 Å². The molecule has 2 aromatic rings. The standard InChI is InChI=1S/C14H18BrN5O3/c1-9-11(15)8-19(17-9)6-3-5-16-13(21)10(2)20-7-4-12(18-20)14(22)23/h4,7-8,10H,3,5-6H2,1-2H3,(H,16,21)(H,22,23). The van der Waals surface area contributed by atoms with Gasteiger partial charge >= 0.3 is 5.97 Å². The summed E-state index contributed by atoms with van der Waals surface area (Å²) in [5.41, 5.74) is 0.847. The van der Waals surface area contributed by atoms with Gasteiger partial charge < -0.3 is 10.4 Å². The Bertz CT molecular complexity index is 690. The highest BCUT2D eigenvalue weighted by molar-refractivity contribution is 9.10. The Kier molecular flexibility index (Phi) is 5.54. The summed E-state index contributed by atoms with van der Waals surface area (Å²) in [6, 6.07) is 0.800. The summed E-state index contributed by atoms with van der Waals surface area (Å²) in [5, 5.41) is 19.8. The van der Waals surface area contributed by atoms with Crippen LogP contribution in [0.25, 0.3) is 0 Å². The van der Waals surface area contributed by atoms with E-state index in [0.717, 1.165) is 16.6 Å². The number of nitrogens with zero attached hydrogens (tertiary/aromatic N) is 4. The number of nitrogens with one attached hydrogen (secondary N) is 1. The maximum Gasteiger partial charge on any atom is 0.356 e. The van der Waals surface area contributed by atoms with Gasteiger partial charge in [0.1, 0.15) is 6.04 Å². The maximum atomic E-state index is 12.0. The molecule has 0 saturated carbocycles. The molecule has 1 unspecified atom stereocenters. The van der Waals surface area contributed by atoms with Crippen molar-refractivity contribution in [3.8, 4) is 0 Å². The predicted molar refractivity (Wildman–Crippen MR) is 86.2 cm³/mol. The summed E-state index contributed by atoms with van der Waals surface area (Å²) in [6.45, 7) is 4.79. The lowest BCUT2D eigenvalue weighted by Gasteiger charge is -2.12. The molecule has 0 fully saturated rings. The van der Waals surface area contributed by atoms with E-state index < -0.39 is 12.0 Å². The first-order valence-electron chi connectivity index (χ1n) is 7.14. The first kappa shape index (κ1) is 17.2. The number of amides is 1. The minimum absolute atomic E-state index is 0.0794. The van der Waals surface area contributed by atoms with Gasteiger partial charge in [0.25, 0.3) is 0 Å². The number of hydrogen-bond donors (Lipinski definition) is 2. The molecule has 23 heavy (non-hydrogen) atoms. The third-order valence-corrected chi connectivity index (χ3v) is 4.13. The zero-order valence-electron chi connectivity index (χ0n) is 12.9. The van der Waals surface area contributed by atoms with E-state index in [4.69, 9.17) is 5.11 Å². The third kappa shape index (κ3) is 4.41. The van der Waals surface area contributed by atoms with E-state index in [1.807, 2.05) is 17.8 Å². The Hall–Kier alpha value is -2.16. The van der Waals surface area contributed by atoms with Crippen LogP contribution in [0.5, 0.6) is 0 Å². The summed E-state index contributed by atoms with van der Waals surface area (Å²) in [6.07, 6.45) is 4.13. The highest BCUT2D eigenvalue weighted by Gasteiger charge is 2.17. The SMILES string of the molecule is Cc1nn(CCCNC(=O)C(C)n2ccc(C(=O)O)n2)cc1Br. The van der Waals surface area contributed by atoms with Crippen LogP contribution in [0.3, 0.4) is 0 Å². The van der Waals surface area contributed by atoms with Crippen molar-refractivity contribution in [3.63, 3.8) is 0 Å². The smallest absolute Gasteiger partial charge is 0.356 e. The van der Waals surface area contributed by atoms with Crippen molar-refractivity contribution in [2.75, 3.05) is 6.54 Å². The Morgan fingerprint density at radius 3 is 2.74 bits per heavy atom. The lowest BCUT2D eigenvalue weighted by molar-refractivity contribution is -0.124. The number of carbonyl (C=O) groups excluding carboxylic acids is 1. The average Bonchev–Trinajstić information content (AvgIpc) is 3.10. The van der Waals surface area contributed by atoms with Gasteiger partial charge in [-0.25, -0.2) is 4.79 Å². The normalized spacial score (nSPS) is 12.1. The third-order valence-electron chi connectivity index (χ3n) is 3.35. The molecule has 2 N–H and O–H groups in total. The number of hydrogen-bond acceptors (Lipinski definition) is 4. The molecule has 0 aromatic carbocycles. The molecule has 2 rings (SSSR count). The Balaban J connectivity index is 1.78. The van der Waals surface area contributed by atoms with Crippen LogP contribution in [-0.2, 0) is 11.3 Å². The van der Waals surface area contributed by atoms with Gasteiger partial charge in [0.05, 0.1) is 10.2 Å². The second-order valence-corrected chi connectivity index (χ2v) is 5.99. The second kappa shape index (κ2) is 7.40. The van der Waals surface area contributed by atoms with E-state index in [0.29, 0.717) is 13.1 Å². The molecule has 8 nitrogen and oxygen atoms in total. The summed E-state index contributed by atoms with van der Waals surface area (Å²) in [7, 11) is 0. The molecule has 0 spiro atoms. The summed E-state index contributed by atoms with van der Waals surface area (Å²) in [4.78, 5) is 22.8. The van der Waals surface area contributed by atoms with E-state index >= 15 is 0 Å². The van der Waals surface area contributed by atoms with Crippen LogP contribution in [0.15, 0.2) is 22.9 Å². The van der Waals surface area contributed by atoms with Crippen LogP contribution in [0.2, 0.25) is 0 Å². The summed E-state index contributed by atoms with van der Waals surface area (Å²) >= 11 is 3.40. The van der Waals surface area contributed by atoms with Gasteiger partial charge in [-0.1, -0.05) is 0 Å². The molecule has 0 saturated heterocycles. The Labute approximate surface area is 141 Å². The van der Waals surface area contributed by atoms with E-state index in [9.17, 15) is 9.59 Å². The molecule has 124 valence electrons. The molecule has 0 aliphatic rings. The molecule has 2 aromatic heterocycles. The second-order valence-electron chi connectivity index (χ2n) is 5.13. The number of carbonyl (C=O) groups is 2. The average molecular weight is 384 g/mol. The van der Waals surface area contributed by atoms with E-state index in [2.05, 4.69) is 31.4 Å². The number of carboxylic acid groups (broad SMARTS) is 1. The molecular formula is C14H18BrN5O3. The highest BCUT2D eigenvalue weighted by atomic mass is 79.9. The quantitative estimate of drug-likeness (QED) is 0.707. The zero-order chi connectivity index (χ0) is 17.0. The van der Waals surface area contributed by atoms with Crippen LogP contribution in [0.1, 0.15) is 35.6 Å². The van der Waals surface area contributed by atoms with Crippen molar-refractivity contribution in [1.29, 1.82) is 0 Å². The molecule has 1 amide bonds. The first-order valence-corrected chi connectivity index (χ1v) is 7.93. The van der Waals surface area contributed by atoms with Gasteiger partial charge in [0, 0.05) is 25.5 Å². The molecule has 0 aliphatic carbocycles. The molecular weight excluding hydrogens is 366 g/mol. The summed E-state index contributed by atoms with van der Waals surface area (Å²) in [5.74, 6) is -1.32. The fraction of sp³-hybridized carbons (Fsp3) is 0.429. The zero-order valence-corrected chi connectivity index (χ0v) is 14.4. The Morgan fingerprint density at radius 1 is 1.43 bits per heavy atom. The fourth-order valence-corrected chi connectivity index (χ4v) is 2.31. The predicted octanol–water partition coefficient (Wildman–Crippen LogP) is 1.62. The molecule has 0 bridgehead atoms. The van der Waals surface area contributed by atoms with Gasteiger partial charge in [-0.15, -0.1) is 0 Å². The lowest BCUT2D eigenvalue weighted by Crippen LogP contribution is -2.32. The van der Waals surface area contributed by atoms with Gasteiger partial charge in [-0.05, 0) is 42.3 Å². The van der Waals surface area contributed by atoms with E-state index in [1.54, 1.807) is 6.92 Å². The number of rotatable bonds is 7. The topological polar surface area (TPSA) is 102 Å². The van der Waals surface area contributed by atoms with Crippen molar-refractivity contribution >= 4 is 27.8 Å². The van der Waals surface area contributed by atoms with Crippen LogP contribution in [0.4, 0.5) is 0 Å². The van der Waals surface area contributed by atoms with Crippen LogP contribution >= 0.6 is 15.9 Å². The monoisotopic (exact) mass is 383 g/mol. The number of aromatic nitrogens is 4. The van der Waals surface area contributed by atoms with Gasteiger partial charge in [0.2, 0.25) is 5.91 Å². The maximum absolute atomic E-state index is 12.0. The van der Waals surface area contributed by atoms with Crippen LogP contribution in [-0.4, -0.2) is 43.1 Å². The lowest BCUT2D eigenvalue weighted by atomic mass is 10.3. The van der Waals surface area contributed by atoms with Gasteiger partial charge in [0.15, 0.2) is 5.69 Å². The highest BCUT2D eigenvalue weighted by Crippen LogP contribution is 2.13. The van der Waals surface area contributed by atoms with Crippen molar-refractivity contribution in [1.82, 2.24) is 24.9 Å². The minimum Gasteiger partial charge on any atom is -0.476 e. The molecule has 0 radical (unpaired) electrons. The van der Waals surface area contributed by atoms with Crippen molar-refractivity contribution in [3.05, 3.63) is 34.3 Å². The van der Waals surface area contributed by atoms with Gasteiger partial charge in [-0.2, -0.15) is 10.2 Å². The molecule has 1 atom stereocenters. The fourth-order valence-electron chi connectivity index (χ4n) is 2.00. The first-order chi connectivity index (χ1) is 10.9. The van der Waals surface area contributed by atoms with E-state index in [1.165, 1.54) is 16.9 Å². The largest absolute Gasteiger partial charge is 0.476 e. The van der Waals surface area contributed by atoms with Gasteiger partial charge in [-0.3, -0.25) is 14.2 Å². The number of halogens is 1. The number of aromatic carboxylic acids is 1. The minimum atomic E-state index is -1.11. The number of carboxylic acids is 1. The Morgan fingerprint density at radius 2 is 2.17 bits per heavy atom. The van der Waals surface area contributed by atoms with Crippen LogP contribution in [0, 0.1) is 6.92 Å². The van der Waals surface area contributed by atoms with Crippen molar-refractivity contribution in [2.45, 2.75) is 32.9 Å². The van der Waals surface area contributed by atoms with E-state index in [-0.39, 0.29) is 11.6 Å². The van der Waals surface area contributed by atoms with Crippen molar-refractivity contribution in [2.24, 2.45) is 0 Å². The number of aryl methyl sites for hydroxylation is 2.